The number of carbonyl (C=O) groups is 1. The minimum atomic E-state index is -0.754. The molecule has 7 nitrogen and oxygen atoms in total. The van der Waals surface area contributed by atoms with E-state index < -0.39 is 10.8 Å². The summed E-state index contributed by atoms with van der Waals surface area (Å²) in [6.07, 6.45) is 0. The normalized spacial score (nSPS) is 16.7. The highest BCUT2D eigenvalue weighted by Crippen LogP contribution is 2.38. The molecule has 1 unspecified atom stereocenters. The molecule has 0 aliphatic carbocycles. The van der Waals surface area contributed by atoms with Gasteiger partial charge in [0.1, 0.15) is 5.92 Å². The largest absolute Gasteiger partial charge is 0.325 e. The van der Waals surface area contributed by atoms with E-state index in [2.05, 4.69) is 5.32 Å². The van der Waals surface area contributed by atoms with Crippen LogP contribution in [0, 0.1) is 10.1 Å². The SMILES string of the molecule is C[C@@H](N)c1ccc(N=C(c2ccccc2)C2C(=O)Nc3ccc([N+](=O)[O-])cc32)cc1. The van der Waals surface area contributed by atoms with Crippen LogP contribution in [-0.2, 0) is 4.79 Å². The number of amides is 1. The molecule has 1 heterocycles. The van der Waals surface area contributed by atoms with E-state index in [1.165, 1.54) is 12.1 Å². The molecule has 3 N–H and O–H groups in total. The maximum Gasteiger partial charge on any atom is 0.269 e. The molecule has 4 rings (SSSR count). The van der Waals surface area contributed by atoms with Crippen LogP contribution in [0.5, 0.6) is 0 Å². The first-order chi connectivity index (χ1) is 14.4. The van der Waals surface area contributed by atoms with E-state index in [1.807, 2.05) is 61.5 Å². The zero-order chi connectivity index (χ0) is 21.3. The van der Waals surface area contributed by atoms with Crippen molar-refractivity contribution < 1.29 is 9.72 Å². The van der Waals surface area contributed by atoms with Crippen LogP contribution in [0.4, 0.5) is 17.1 Å². The van der Waals surface area contributed by atoms with Crippen LogP contribution in [0.1, 0.15) is 35.6 Å². The van der Waals surface area contributed by atoms with Gasteiger partial charge in [-0.15, -0.1) is 0 Å². The lowest BCUT2D eigenvalue weighted by Gasteiger charge is -2.14. The van der Waals surface area contributed by atoms with Crippen molar-refractivity contribution in [3.8, 4) is 0 Å². The van der Waals surface area contributed by atoms with Crippen LogP contribution < -0.4 is 11.1 Å². The number of hydrogen-bond acceptors (Lipinski definition) is 5. The first-order valence-corrected chi connectivity index (χ1v) is 9.53. The predicted molar refractivity (Wildman–Crippen MR) is 116 cm³/mol. The molecule has 0 fully saturated rings. The number of aliphatic imine (C=N–C) groups is 1. The molecule has 1 amide bonds. The minimum Gasteiger partial charge on any atom is -0.325 e. The van der Waals surface area contributed by atoms with Crippen LogP contribution >= 0.6 is 0 Å². The molecule has 150 valence electrons. The molecular formula is C23H20N4O3. The zero-order valence-electron chi connectivity index (χ0n) is 16.3. The van der Waals surface area contributed by atoms with Gasteiger partial charge < -0.3 is 11.1 Å². The third-order valence-electron chi connectivity index (χ3n) is 5.09. The standard InChI is InChI=1S/C23H20N4O3/c1-14(24)15-7-9-17(10-8-15)25-22(16-5-3-2-4-6-16)21-19-13-18(27(29)30)11-12-20(19)26-23(21)28/h2-14,21H,24H2,1H3,(H,26,28)/t14-,21?/m1/s1. The Kier molecular flexibility index (Phi) is 5.12. The number of non-ortho nitro benzene ring substituents is 1. The number of nitrogens with zero attached hydrogens (tertiary/aromatic N) is 2. The third-order valence-corrected chi connectivity index (χ3v) is 5.09. The summed E-state index contributed by atoms with van der Waals surface area (Å²) >= 11 is 0. The van der Waals surface area contributed by atoms with Crippen molar-refractivity contribution in [1.82, 2.24) is 0 Å². The molecule has 1 aliphatic heterocycles. The van der Waals surface area contributed by atoms with Crippen molar-refractivity contribution in [1.29, 1.82) is 0 Å². The van der Waals surface area contributed by atoms with Gasteiger partial charge in [0.2, 0.25) is 5.91 Å². The fraction of sp³-hybridized carbons (Fsp3) is 0.130. The molecule has 0 saturated heterocycles. The average molecular weight is 400 g/mol. The number of carbonyl (C=O) groups excluding carboxylic acids is 1. The smallest absolute Gasteiger partial charge is 0.269 e. The second-order valence-corrected chi connectivity index (χ2v) is 7.19. The first-order valence-electron chi connectivity index (χ1n) is 9.53. The van der Waals surface area contributed by atoms with Crippen molar-refractivity contribution in [2.45, 2.75) is 18.9 Å². The lowest BCUT2D eigenvalue weighted by atomic mass is 9.90. The summed E-state index contributed by atoms with van der Waals surface area (Å²) < 4.78 is 0. The van der Waals surface area contributed by atoms with E-state index >= 15 is 0 Å². The van der Waals surface area contributed by atoms with Crippen molar-refractivity contribution in [3.63, 3.8) is 0 Å². The van der Waals surface area contributed by atoms with Crippen molar-refractivity contribution in [2.75, 3.05) is 5.32 Å². The van der Waals surface area contributed by atoms with E-state index in [0.29, 0.717) is 22.6 Å². The van der Waals surface area contributed by atoms with Gasteiger partial charge in [0, 0.05) is 29.4 Å². The van der Waals surface area contributed by atoms with Gasteiger partial charge in [-0.25, -0.2) is 0 Å². The number of rotatable bonds is 5. The lowest BCUT2D eigenvalue weighted by molar-refractivity contribution is -0.384. The van der Waals surface area contributed by atoms with Gasteiger partial charge in [-0.3, -0.25) is 19.9 Å². The van der Waals surface area contributed by atoms with Crippen LogP contribution in [-0.4, -0.2) is 16.5 Å². The zero-order valence-corrected chi connectivity index (χ0v) is 16.3. The summed E-state index contributed by atoms with van der Waals surface area (Å²) in [5.41, 5.74) is 9.92. The van der Waals surface area contributed by atoms with Gasteiger partial charge in [-0.05, 0) is 36.2 Å². The first kappa shape index (κ1) is 19.5. The Labute approximate surface area is 173 Å². The van der Waals surface area contributed by atoms with Gasteiger partial charge in [-0.2, -0.15) is 0 Å². The van der Waals surface area contributed by atoms with E-state index in [4.69, 9.17) is 10.7 Å². The molecule has 3 aromatic rings. The van der Waals surface area contributed by atoms with Gasteiger partial charge in [-0.1, -0.05) is 42.5 Å². The Hall–Kier alpha value is -3.84. The van der Waals surface area contributed by atoms with Crippen molar-refractivity contribution >= 4 is 28.7 Å². The number of anilines is 1. The van der Waals surface area contributed by atoms with E-state index in [9.17, 15) is 14.9 Å². The number of nitro groups is 1. The predicted octanol–water partition coefficient (Wildman–Crippen LogP) is 4.47. The van der Waals surface area contributed by atoms with E-state index in [-0.39, 0.29) is 17.6 Å². The molecule has 0 bridgehead atoms. The maximum atomic E-state index is 12.9. The van der Waals surface area contributed by atoms with Crippen LogP contribution in [0.25, 0.3) is 0 Å². The summed E-state index contributed by atoms with van der Waals surface area (Å²) in [4.78, 5) is 28.5. The molecule has 0 spiro atoms. The van der Waals surface area contributed by atoms with Gasteiger partial charge >= 0.3 is 0 Å². The van der Waals surface area contributed by atoms with Gasteiger partial charge in [0.15, 0.2) is 0 Å². The Morgan fingerprint density at radius 1 is 1.10 bits per heavy atom. The highest BCUT2D eigenvalue weighted by atomic mass is 16.6. The number of nitro benzene ring substituents is 1. The summed E-state index contributed by atoms with van der Waals surface area (Å²) in [6.45, 7) is 1.90. The van der Waals surface area contributed by atoms with Crippen LogP contribution in [0.3, 0.4) is 0 Å². The molecular weight excluding hydrogens is 380 g/mol. The number of fused-ring (bicyclic) bond motifs is 1. The lowest BCUT2D eigenvalue weighted by Crippen LogP contribution is -2.22. The van der Waals surface area contributed by atoms with Crippen molar-refractivity contribution in [2.24, 2.45) is 10.7 Å². The molecule has 0 aromatic heterocycles. The molecule has 1 aliphatic rings. The molecule has 3 aromatic carbocycles. The fourth-order valence-corrected chi connectivity index (χ4v) is 3.53. The Morgan fingerprint density at radius 2 is 1.80 bits per heavy atom. The quantitative estimate of drug-likeness (QED) is 0.374. The van der Waals surface area contributed by atoms with Crippen LogP contribution in [0.2, 0.25) is 0 Å². The van der Waals surface area contributed by atoms with E-state index in [1.54, 1.807) is 6.07 Å². The Bertz CT molecular complexity index is 1140. The summed E-state index contributed by atoms with van der Waals surface area (Å²) in [7, 11) is 0. The van der Waals surface area contributed by atoms with Gasteiger partial charge in [0.25, 0.3) is 5.69 Å². The summed E-state index contributed by atoms with van der Waals surface area (Å²) in [6, 6.07) is 21.2. The molecule has 30 heavy (non-hydrogen) atoms. The molecule has 0 saturated carbocycles. The minimum absolute atomic E-state index is 0.0658. The highest BCUT2D eigenvalue weighted by molar-refractivity contribution is 6.24. The monoisotopic (exact) mass is 400 g/mol. The fourth-order valence-electron chi connectivity index (χ4n) is 3.53. The molecule has 0 radical (unpaired) electrons. The molecule has 7 heteroatoms. The second-order valence-electron chi connectivity index (χ2n) is 7.19. The molecule has 2 atom stereocenters. The number of nitrogens with one attached hydrogen (secondary N) is 1. The number of nitrogens with two attached hydrogens (primary N) is 1. The second kappa shape index (κ2) is 7.88. The van der Waals surface area contributed by atoms with Gasteiger partial charge in [0.05, 0.1) is 16.3 Å². The van der Waals surface area contributed by atoms with E-state index in [0.717, 1.165) is 11.1 Å². The van der Waals surface area contributed by atoms with Crippen molar-refractivity contribution in [3.05, 3.63) is 99.6 Å². The third kappa shape index (κ3) is 3.70. The Balaban J connectivity index is 1.85. The summed E-state index contributed by atoms with van der Waals surface area (Å²) in [5, 5.41) is 14.1. The Morgan fingerprint density at radius 3 is 2.43 bits per heavy atom. The van der Waals surface area contributed by atoms with Crippen LogP contribution in [0.15, 0.2) is 77.8 Å². The summed E-state index contributed by atoms with van der Waals surface area (Å²) in [5.74, 6) is -1.02. The number of hydrogen-bond donors (Lipinski definition) is 2. The highest BCUT2D eigenvalue weighted by Gasteiger charge is 2.36. The average Bonchev–Trinajstić information content (AvgIpc) is 3.07. The number of benzene rings is 3. The maximum absolute atomic E-state index is 12.9. The topological polar surface area (TPSA) is 111 Å².